The summed E-state index contributed by atoms with van der Waals surface area (Å²) in [5, 5.41) is 19.3. The molecule has 32 heavy (non-hydrogen) atoms. The van der Waals surface area contributed by atoms with Gasteiger partial charge in [-0.1, -0.05) is 28.1 Å². The fourth-order valence-electron chi connectivity index (χ4n) is 4.01. The first-order chi connectivity index (χ1) is 14.6. The molecule has 1 fully saturated rings. The highest BCUT2D eigenvalue weighted by Gasteiger charge is 2.26. The van der Waals surface area contributed by atoms with Crippen LogP contribution in [0.5, 0.6) is 5.75 Å². The molecular formula is C22H29BrCl2N6O. The van der Waals surface area contributed by atoms with E-state index in [1.807, 2.05) is 19.1 Å². The van der Waals surface area contributed by atoms with Gasteiger partial charge in [0.15, 0.2) is 5.82 Å². The topological polar surface area (TPSA) is 76.9 Å². The Labute approximate surface area is 209 Å². The molecule has 2 aromatic carbocycles. The monoisotopic (exact) mass is 542 g/mol. The molecule has 0 saturated carbocycles. The van der Waals surface area contributed by atoms with Crippen LogP contribution in [0, 0.1) is 13.8 Å². The van der Waals surface area contributed by atoms with Crippen molar-refractivity contribution in [3.05, 3.63) is 63.4 Å². The van der Waals surface area contributed by atoms with Crippen LogP contribution < -0.4 is 15.4 Å². The summed E-state index contributed by atoms with van der Waals surface area (Å²) in [4.78, 5) is 0. The SMILES string of the molecule is COc1ccc(-n2nnnc2C)cc1CNC1CCCNC1c1ccc(C)c(Br)c1.Cl.Cl. The fourth-order valence-corrected chi connectivity index (χ4v) is 4.40. The largest absolute Gasteiger partial charge is 0.496 e. The number of nitrogens with one attached hydrogen (secondary N) is 2. The third-order valence-corrected chi connectivity index (χ3v) is 6.56. The standard InChI is InChI=1S/C22H27BrN6O.2ClH/c1-14-6-7-16(12-19(14)23)22-20(5-4-10-24-22)25-13-17-11-18(8-9-21(17)30-3)29-15(2)26-27-28-29;;/h6-9,11-12,20,22,24-25H,4-5,10,13H2,1-3H3;2*1H. The molecule has 1 aliphatic rings. The van der Waals surface area contributed by atoms with Crippen LogP contribution in [0.2, 0.25) is 0 Å². The third-order valence-electron chi connectivity index (χ3n) is 5.70. The summed E-state index contributed by atoms with van der Waals surface area (Å²) in [7, 11) is 1.70. The van der Waals surface area contributed by atoms with Gasteiger partial charge in [0.1, 0.15) is 5.75 Å². The second-order valence-corrected chi connectivity index (χ2v) is 8.56. The molecule has 0 amide bonds. The van der Waals surface area contributed by atoms with Crippen molar-refractivity contribution in [2.24, 2.45) is 0 Å². The number of ether oxygens (including phenoxy) is 1. The molecule has 2 N–H and O–H groups in total. The van der Waals surface area contributed by atoms with E-state index < -0.39 is 0 Å². The Morgan fingerprint density at radius 1 is 1.19 bits per heavy atom. The summed E-state index contributed by atoms with van der Waals surface area (Å²) in [6.45, 7) is 5.74. The van der Waals surface area contributed by atoms with Crippen molar-refractivity contribution in [2.45, 2.75) is 45.3 Å². The van der Waals surface area contributed by atoms with Crippen LogP contribution in [-0.4, -0.2) is 39.9 Å². The van der Waals surface area contributed by atoms with Gasteiger partial charge in [-0.25, -0.2) is 0 Å². The van der Waals surface area contributed by atoms with E-state index in [2.05, 4.69) is 73.3 Å². The number of halogens is 3. The number of rotatable bonds is 6. The van der Waals surface area contributed by atoms with Gasteiger partial charge >= 0.3 is 0 Å². The van der Waals surface area contributed by atoms with Crippen LogP contribution in [0.15, 0.2) is 40.9 Å². The molecule has 1 aliphatic heterocycles. The maximum Gasteiger partial charge on any atom is 0.153 e. The van der Waals surface area contributed by atoms with Crippen LogP contribution in [0.25, 0.3) is 5.69 Å². The average molecular weight is 544 g/mol. The van der Waals surface area contributed by atoms with Gasteiger partial charge in [0.25, 0.3) is 0 Å². The molecule has 10 heteroatoms. The number of nitrogens with zero attached hydrogens (tertiary/aromatic N) is 4. The Morgan fingerprint density at radius 3 is 2.69 bits per heavy atom. The number of piperidine rings is 1. The Hall–Kier alpha value is -1.71. The highest BCUT2D eigenvalue weighted by molar-refractivity contribution is 9.10. The van der Waals surface area contributed by atoms with Gasteiger partial charge < -0.3 is 15.4 Å². The highest BCUT2D eigenvalue weighted by atomic mass is 79.9. The number of tetrazole rings is 1. The fraction of sp³-hybridized carbons (Fsp3) is 0.409. The maximum atomic E-state index is 5.61. The van der Waals surface area contributed by atoms with E-state index in [1.165, 1.54) is 11.1 Å². The second kappa shape index (κ2) is 12.0. The van der Waals surface area contributed by atoms with Crippen LogP contribution >= 0.6 is 40.7 Å². The molecule has 0 aliphatic carbocycles. The predicted octanol–water partition coefficient (Wildman–Crippen LogP) is 4.48. The number of benzene rings is 2. The first kappa shape index (κ1) is 26.5. The van der Waals surface area contributed by atoms with Crippen LogP contribution in [0.3, 0.4) is 0 Å². The molecule has 4 rings (SSSR count). The summed E-state index contributed by atoms with van der Waals surface area (Å²) < 4.78 is 8.49. The zero-order valence-electron chi connectivity index (χ0n) is 18.3. The van der Waals surface area contributed by atoms with Gasteiger partial charge in [0, 0.05) is 28.7 Å². The summed E-state index contributed by atoms with van der Waals surface area (Å²) in [6.07, 6.45) is 2.28. The van der Waals surface area contributed by atoms with Gasteiger partial charge in [-0.15, -0.1) is 29.9 Å². The summed E-state index contributed by atoms with van der Waals surface area (Å²) in [5.41, 5.74) is 4.56. The summed E-state index contributed by atoms with van der Waals surface area (Å²) in [6, 6.07) is 13.3. The van der Waals surface area contributed by atoms with Gasteiger partial charge in [0.2, 0.25) is 0 Å². The number of hydrogen-bond donors (Lipinski definition) is 2. The van der Waals surface area contributed by atoms with E-state index >= 15 is 0 Å². The molecule has 174 valence electrons. The molecule has 3 aromatic rings. The lowest BCUT2D eigenvalue weighted by atomic mass is 9.91. The normalized spacial score (nSPS) is 17.9. The molecule has 1 aromatic heterocycles. The number of aromatic nitrogens is 4. The minimum atomic E-state index is 0. The van der Waals surface area contributed by atoms with E-state index in [9.17, 15) is 0 Å². The Bertz CT molecular complexity index is 1030. The van der Waals surface area contributed by atoms with E-state index in [0.29, 0.717) is 12.6 Å². The minimum absolute atomic E-state index is 0. The lowest BCUT2D eigenvalue weighted by Crippen LogP contribution is -2.45. The van der Waals surface area contributed by atoms with Crippen molar-refractivity contribution in [1.82, 2.24) is 30.8 Å². The molecule has 0 bridgehead atoms. The zero-order chi connectivity index (χ0) is 21.1. The molecular weight excluding hydrogens is 515 g/mol. The smallest absolute Gasteiger partial charge is 0.153 e. The van der Waals surface area contributed by atoms with Crippen molar-refractivity contribution in [2.75, 3.05) is 13.7 Å². The maximum absolute atomic E-state index is 5.61. The lowest BCUT2D eigenvalue weighted by molar-refractivity contribution is 0.302. The molecule has 2 heterocycles. The van der Waals surface area contributed by atoms with Crippen LogP contribution in [0.1, 0.15) is 41.4 Å². The average Bonchev–Trinajstić information content (AvgIpc) is 3.20. The van der Waals surface area contributed by atoms with Gasteiger partial charge in [0.05, 0.1) is 12.8 Å². The van der Waals surface area contributed by atoms with E-state index in [0.717, 1.165) is 46.7 Å². The summed E-state index contributed by atoms with van der Waals surface area (Å²) in [5.74, 6) is 1.61. The molecule has 0 radical (unpaired) electrons. The molecule has 2 unspecified atom stereocenters. The van der Waals surface area contributed by atoms with Crippen LogP contribution in [-0.2, 0) is 6.54 Å². The lowest BCUT2D eigenvalue weighted by Gasteiger charge is -2.34. The van der Waals surface area contributed by atoms with E-state index in [1.54, 1.807) is 11.8 Å². The summed E-state index contributed by atoms with van der Waals surface area (Å²) >= 11 is 3.68. The first-order valence-corrected chi connectivity index (χ1v) is 11.0. The van der Waals surface area contributed by atoms with Crippen LogP contribution in [0.4, 0.5) is 0 Å². The highest BCUT2D eigenvalue weighted by Crippen LogP contribution is 2.29. The number of methoxy groups -OCH3 is 1. The van der Waals surface area contributed by atoms with E-state index in [4.69, 9.17) is 4.74 Å². The van der Waals surface area contributed by atoms with Crippen molar-refractivity contribution in [1.29, 1.82) is 0 Å². The van der Waals surface area contributed by atoms with E-state index in [-0.39, 0.29) is 30.9 Å². The van der Waals surface area contributed by atoms with Gasteiger partial charge in [-0.2, -0.15) is 4.68 Å². The van der Waals surface area contributed by atoms with Crippen molar-refractivity contribution >= 4 is 40.7 Å². The molecule has 2 atom stereocenters. The van der Waals surface area contributed by atoms with Crippen molar-refractivity contribution < 1.29 is 4.74 Å². The predicted molar refractivity (Wildman–Crippen MR) is 134 cm³/mol. The first-order valence-electron chi connectivity index (χ1n) is 10.2. The Balaban J connectivity index is 0.00000181. The minimum Gasteiger partial charge on any atom is -0.496 e. The zero-order valence-corrected chi connectivity index (χ0v) is 21.6. The van der Waals surface area contributed by atoms with Gasteiger partial charge in [-0.05, 0) is 79.1 Å². The second-order valence-electron chi connectivity index (χ2n) is 7.70. The quantitative estimate of drug-likeness (QED) is 0.477. The molecule has 1 saturated heterocycles. The van der Waals surface area contributed by atoms with Gasteiger partial charge in [-0.3, -0.25) is 0 Å². The Morgan fingerprint density at radius 2 is 2.00 bits per heavy atom. The molecule has 7 nitrogen and oxygen atoms in total. The number of hydrogen-bond acceptors (Lipinski definition) is 6. The van der Waals surface area contributed by atoms with Crippen molar-refractivity contribution in [3.63, 3.8) is 0 Å². The third kappa shape index (κ3) is 5.80. The molecule has 0 spiro atoms. The Kier molecular flexibility index (Phi) is 9.91. The van der Waals surface area contributed by atoms with Crippen molar-refractivity contribution in [3.8, 4) is 11.4 Å². The number of aryl methyl sites for hydroxylation is 2.